The number of rotatable bonds is 6. The average Bonchev–Trinajstić information content (AvgIpc) is 2.34. The Morgan fingerprint density at radius 1 is 1.56 bits per heavy atom. The molecule has 0 aliphatic heterocycles. The number of aliphatic carboxylic acids is 1. The Hall–Kier alpha value is -2.73. The summed E-state index contributed by atoms with van der Waals surface area (Å²) in [6.45, 7) is -0.241. The van der Waals surface area contributed by atoms with E-state index in [1.165, 1.54) is 18.2 Å². The highest BCUT2D eigenvalue weighted by Gasteiger charge is 2.18. The number of anilines is 1. The number of aliphatic imine (C=N–C) groups is 1. The molecular formula is C10H9N3O5. The third-order valence-electron chi connectivity index (χ3n) is 2.08. The number of hydrogen-bond donors (Lipinski definition) is 2. The van der Waals surface area contributed by atoms with Gasteiger partial charge >= 0.3 is 5.97 Å². The zero-order chi connectivity index (χ0) is 13.5. The van der Waals surface area contributed by atoms with Crippen LogP contribution in [0.3, 0.4) is 0 Å². The van der Waals surface area contributed by atoms with E-state index >= 15 is 0 Å². The standard InChI is InChI=1S/C10H9N3O5/c14-6-12-8(10(15)16)5-11-7-3-1-2-4-9(7)13(17)18/h1-4,8,11H,5H2,(H,15,16). The third kappa shape index (κ3) is 3.39. The molecule has 0 bridgehead atoms. The zero-order valence-corrected chi connectivity index (χ0v) is 9.07. The lowest BCUT2D eigenvalue weighted by atomic mass is 10.2. The second kappa shape index (κ2) is 6.12. The molecule has 1 aromatic rings. The van der Waals surface area contributed by atoms with E-state index in [0.29, 0.717) is 0 Å². The molecule has 0 saturated carbocycles. The molecule has 0 radical (unpaired) electrons. The molecule has 0 saturated heterocycles. The fourth-order valence-electron chi connectivity index (χ4n) is 1.24. The summed E-state index contributed by atoms with van der Waals surface area (Å²) in [6, 6.07) is 4.43. The number of nitro groups is 1. The molecule has 0 spiro atoms. The Balaban J connectivity index is 2.82. The van der Waals surface area contributed by atoms with E-state index in [4.69, 9.17) is 5.11 Å². The van der Waals surface area contributed by atoms with Crippen molar-refractivity contribution in [3.63, 3.8) is 0 Å². The predicted molar refractivity (Wildman–Crippen MR) is 61.1 cm³/mol. The van der Waals surface area contributed by atoms with Crippen LogP contribution < -0.4 is 5.32 Å². The smallest absolute Gasteiger partial charge is 0.331 e. The largest absolute Gasteiger partial charge is 0.480 e. The summed E-state index contributed by atoms with van der Waals surface area (Å²) in [5.74, 6) is -1.32. The minimum Gasteiger partial charge on any atom is -0.480 e. The number of isocyanates is 1. The quantitative estimate of drug-likeness (QED) is 0.333. The Morgan fingerprint density at radius 3 is 2.78 bits per heavy atom. The summed E-state index contributed by atoms with van der Waals surface area (Å²) >= 11 is 0. The maximum Gasteiger partial charge on any atom is 0.331 e. The van der Waals surface area contributed by atoms with Crippen LogP contribution in [-0.2, 0) is 9.59 Å². The first-order valence-corrected chi connectivity index (χ1v) is 4.83. The van der Waals surface area contributed by atoms with Crippen LogP contribution in [0.2, 0.25) is 0 Å². The van der Waals surface area contributed by atoms with Crippen molar-refractivity contribution in [2.75, 3.05) is 11.9 Å². The highest BCUT2D eigenvalue weighted by Crippen LogP contribution is 2.22. The molecule has 0 heterocycles. The fraction of sp³-hybridized carbons (Fsp3) is 0.200. The SMILES string of the molecule is O=C=NC(CNc1ccccc1[N+](=O)[O-])C(=O)O. The molecule has 18 heavy (non-hydrogen) atoms. The minimum absolute atomic E-state index is 0.162. The lowest BCUT2D eigenvalue weighted by Gasteiger charge is -2.09. The van der Waals surface area contributed by atoms with Gasteiger partial charge in [0.15, 0.2) is 6.04 Å². The first-order chi connectivity index (χ1) is 8.56. The van der Waals surface area contributed by atoms with Gasteiger partial charge in [0, 0.05) is 12.6 Å². The molecule has 0 aliphatic carbocycles. The fourth-order valence-corrected chi connectivity index (χ4v) is 1.24. The van der Waals surface area contributed by atoms with E-state index in [9.17, 15) is 19.7 Å². The number of nitro benzene ring substituents is 1. The molecule has 1 unspecified atom stereocenters. The van der Waals surface area contributed by atoms with Gasteiger partial charge in [-0.15, -0.1) is 0 Å². The third-order valence-corrected chi connectivity index (χ3v) is 2.08. The van der Waals surface area contributed by atoms with Gasteiger partial charge < -0.3 is 10.4 Å². The van der Waals surface area contributed by atoms with E-state index < -0.39 is 16.9 Å². The molecule has 0 aromatic heterocycles. The molecule has 2 N–H and O–H groups in total. The maximum absolute atomic E-state index is 10.7. The number of carbonyl (C=O) groups is 1. The van der Waals surface area contributed by atoms with Crippen molar-refractivity contribution >= 4 is 23.4 Å². The van der Waals surface area contributed by atoms with Crippen LogP contribution in [0.4, 0.5) is 11.4 Å². The molecule has 1 aromatic carbocycles. The number of hydrogen-bond acceptors (Lipinski definition) is 6. The second-order valence-electron chi connectivity index (χ2n) is 3.23. The van der Waals surface area contributed by atoms with E-state index in [-0.39, 0.29) is 17.9 Å². The summed E-state index contributed by atoms with van der Waals surface area (Å²) in [4.78, 5) is 33.9. The molecule has 0 aliphatic rings. The number of carboxylic acid groups (broad SMARTS) is 1. The average molecular weight is 251 g/mol. The molecule has 1 atom stereocenters. The van der Waals surface area contributed by atoms with Gasteiger partial charge in [-0.2, -0.15) is 4.99 Å². The highest BCUT2D eigenvalue weighted by molar-refractivity contribution is 5.76. The summed E-state index contributed by atoms with van der Waals surface area (Å²) in [5.41, 5.74) is -0.0217. The van der Waals surface area contributed by atoms with Gasteiger partial charge in [0.2, 0.25) is 6.08 Å². The highest BCUT2D eigenvalue weighted by atomic mass is 16.6. The van der Waals surface area contributed by atoms with Crippen LogP contribution in [0.15, 0.2) is 29.3 Å². The van der Waals surface area contributed by atoms with Gasteiger partial charge in [0.1, 0.15) is 5.69 Å². The monoisotopic (exact) mass is 251 g/mol. The van der Waals surface area contributed by atoms with Crippen LogP contribution in [0.25, 0.3) is 0 Å². The van der Waals surface area contributed by atoms with Crippen molar-refractivity contribution in [1.29, 1.82) is 0 Å². The normalized spacial score (nSPS) is 11.1. The van der Waals surface area contributed by atoms with Crippen molar-refractivity contribution < 1.29 is 19.6 Å². The topological polar surface area (TPSA) is 122 Å². The minimum atomic E-state index is -1.33. The van der Waals surface area contributed by atoms with Crippen LogP contribution >= 0.6 is 0 Å². The number of nitrogens with one attached hydrogen (secondary N) is 1. The van der Waals surface area contributed by atoms with Crippen LogP contribution in [0.1, 0.15) is 0 Å². The molecule has 0 fully saturated rings. The van der Waals surface area contributed by atoms with Gasteiger partial charge in [0.05, 0.1) is 4.92 Å². The number of benzene rings is 1. The Kier molecular flexibility index (Phi) is 4.53. The second-order valence-corrected chi connectivity index (χ2v) is 3.23. The Morgan fingerprint density at radius 2 is 2.22 bits per heavy atom. The van der Waals surface area contributed by atoms with Crippen molar-refractivity contribution in [3.8, 4) is 0 Å². The van der Waals surface area contributed by atoms with Crippen LogP contribution in [0.5, 0.6) is 0 Å². The first kappa shape index (κ1) is 13.3. The van der Waals surface area contributed by atoms with Gasteiger partial charge in [-0.05, 0) is 6.07 Å². The maximum atomic E-state index is 10.7. The number of nitrogens with zero attached hydrogens (tertiary/aromatic N) is 2. The van der Waals surface area contributed by atoms with Gasteiger partial charge in [-0.3, -0.25) is 10.1 Å². The lowest BCUT2D eigenvalue weighted by Crippen LogP contribution is -2.26. The molecule has 1 rings (SSSR count). The molecular weight excluding hydrogens is 242 g/mol. The van der Waals surface area contributed by atoms with E-state index in [0.717, 1.165) is 6.08 Å². The van der Waals surface area contributed by atoms with Crippen molar-refractivity contribution in [1.82, 2.24) is 0 Å². The molecule has 94 valence electrons. The van der Waals surface area contributed by atoms with Gasteiger partial charge in [-0.1, -0.05) is 12.1 Å². The van der Waals surface area contributed by atoms with E-state index in [1.807, 2.05) is 0 Å². The number of para-hydroxylation sites is 2. The Labute approximate surface area is 101 Å². The lowest BCUT2D eigenvalue weighted by molar-refractivity contribution is -0.384. The Bertz CT molecular complexity index is 508. The van der Waals surface area contributed by atoms with Crippen LogP contribution in [-0.4, -0.2) is 34.7 Å². The summed E-state index contributed by atoms with van der Waals surface area (Å²) in [6.07, 6.45) is 1.14. The van der Waals surface area contributed by atoms with Gasteiger partial charge in [-0.25, -0.2) is 9.59 Å². The van der Waals surface area contributed by atoms with E-state index in [2.05, 4.69) is 10.3 Å². The van der Waals surface area contributed by atoms with Crippen molar-refractivity contribution in [3.05, 3.63) is 34.4 Å². The summed E-state index contributed by atoms with van der Waals surface area (Å²) in [7, 11) is 0. The van der Waals surface area contributed by atoms with Crippen molar-refractivity contribution in [2.45, 2.75) is 6.04 Å². The molecule has 8 nitrogen and oxygen atoms in total. The number of carboxylic acids is 1. The van der Waals surface area contributed by atoms with E-state index in [1.54, 1.807) is 6.07 Å². The van der Waals surface area contributed by atoms with Crippen molar-refractivity contribution in [2.24, 2.45) is 4.99 Å². The molecule has 0 amide bonds. The molecule has 8 heteroatoms. The van der Waals surface area contributed by atoms with Gasteiger partial charge in [0.25, 0.3) is 5.69 Å². The number of carbonyl (C=O) groups excluding carboxylic acids is 1. The summed E-state index contributed by atoms with van der Waals surface area (Å²) < 4.78 is 0. The summed E-state index contributed by atoms with van der Waals surface area (Å²) in [5, 5.41) is 22.0. The first-order valence-electron chi connectivity index (χ1n) is 4.83. The van der Waals surface area contributed by atoms with Crippen LogP contribution in [0, 0.1) is 10.1 Å². The predicted octanol–water partition coefficient (Wildman–Crippen LogP) is 0.796. The zero-order valence-electron chi connectivity index (χ0n) is 9.07.